The normalized spacial score (nSPS) is 12.2. The van der Waals surface area contributed by atoms with E-state index in [1.54, 1.807) is 6.20 Å². The van der Waals surface area contributed by atoms with Crippen molar-refractivity contribution >= 4 is 5.97 Å². The third-order valence-corrected chi connectivity index (χ3v) is 4.02. The van der Waals surface area contributed by atoms with E-state index < -0.39 is 5.97 Å². The van der Waals surface area contributed by atoms with Crippen LogP contribution in [0.1, 0.15) is 24.2 Å². The molecule has 0 radical (unpaired) electrons. The number of nitrogens with zero attached hydrogens (tertiary/aromatic N) is 1. The van der Waals surface area contributed by atoms with Gasteiger partial charge in [-0.05, 0) is 36.6 Å². The Balaban J connectivity index is 1.60. The molecular formula is C19H21N3O3. The number of hydrogen-bond acceptors (Lipinski definition) is 4. The largest absolute Gasteiger partial charge is 0.481 e. The van der Waals surface area contributed by atoms with Gasteiger partial charge in [-0.2, -0.15) is 5.10 Å². The van der Waals surface area contributed by atoms with E-state index in [4.69, 9.17) is 9.52 Å². The van der Waals surface area contributed by atoms with E-state index in [9.17, 15) is 4.79 Å². The van der Waals surface area contributed by atoms with Crippen LogP contribution in [0.5, 0.6) is 0 Å². The first-order valence-corrected chi connectivity index (χ1v) is 8.28. The van der Waals surface area contributed by atoms with Crippen LogP contribution in [-0.4, -0.2) is 27.3 Å². The van der Waals surface area contributed by atoms with Crippen molar-refractivity contribution in [3.8, 4) is 11.5 Å². The zero-order valence-electron chi connectivity index (χ0n) is 13.8. The Morgan fingerprint density at radius 2 is 2.04 bits per heavy atom. The van der Waals surface area contributed by atoms with Gasteiger partial charge in [0.2, 0.25) is 0 Å². The smallest absolute Gasteiger partial charge is 0.303 e. The van der Waals surface area contributed by atoms with Gasteiger partial charge in [-0.15, -0.1) is 0 Å². The molecule has 0 spiro atoms. The summed E-state index contributed by atoms with van der Waals surface area (Å²) in [5, 5.41) is 19.2. The molecule has 0 aliphatic heterocycles. The van der Waals surface area contributed by atoms with Crippen LogP contribution < -0.4 is 5.32 Å². The number of hydrogen-bond donors (Lipinski definition) is 3. The lowest BCUT2D eigenvalue weighted by Crippen LogP contribution is -2.31. The average Bonchev–Trinajstić information content (AvgIpc) is 3.29. The molecule has 0 aliphatic carbocycles. The van der Waals surface area contributed by atoms with E-state index in [-0.39, 0.29) is 12.5 Å². The summed E-state index contributed by atoms with van der Waals surface area (Å²) in [7, 11) is 0. The van der Waals surface area contributed by atoms with Crippen LogP contribution in [0.15, 0.2) is 59.1 Å². The fourth-order valence-electron chi connectivity index (χ4n) is 2.73. The molecule has 6 heteroatoms. The van der Waals surface area contributed by atoms with Gasteiger partial charge in [0.15, 0.2) is 5.76 Å². The summed E-state index contributed by atoms with van der Waals surface area (Å²) in [6, 6.07) is 15.8. The van der Waals surface area contributed by atoms with Gasteiger partial charge in [0, 0.05) is 18.7 Å². The molecule has 6 nitrogen and oxygen atoms in total. The topological polar surface area (TPSA) is 91.1 Å². The van der Waals surface area contributed by atoms with Crippen molar-refractivity contribution in [3.05, 3.63) is 66.1 Å². The highest BCUT2D eigenvalue weighted by atomic mass is 16.4. The van der Waals surface area contributed by atoms with Crippen molar-refractivity contribution in [1.82, 2.24) is 15.5 Å². The molecule has 0 bridgehead atoms. The number of carbonyl (C=O) groups is 1. The fraction of sp³-hybridized carbons (Fsp3) is 0.263. The number of carboxylic acid groups (broad SMARTS) is 1. The number of aromatic amines is 1. The summed E-state index contributed by atoms with van der Waals surface area (Å²) in [6.07, 6.45) is 3.17. The molecule has 1 unspecified atom stereocenters. The highest BCUT2D eigenvalue weighted by Crippen LogP contribution is 2.19. The summed E-state index contributed by atoms with van der Waals surface area (Å²) in [4.78, 5) is 10.9. The quantitative estimate of drug-likeness (QED) is 0.557. The summed E-state index contributed by atoms with van der Waals surface area (Å²) < 4.78 is 5.80. The zero-order chi connectivity index (χ0) is 17.5. The Morgan fingerprint density at radius 1 is 1.20 bits per heavy atom. The van der Waals surface area contributed by atoms with Gasteiger partial charge in [0.05, 0.1) is 6.54 Å². The van der Waals surface area contributed by atoms with Gasteiger partial charge in [-0.3, -0.25) is 9.89 Å². The molecule has 0 fully saturated rings. The predicted octanol–water partition coefficient (Wildman–Crippen LogP) is 3.24. The molecule has 2 heterocycles. The number of carboxylic acids is 1. The lowest BCUT2D eigenvalue weighted by atomic mass is 10.0. The lowest BCUT2D eigenvalue weighted by molar-refractivity contribution is -0.137. The first kappa shape index (κ1) is 17.0. The zero-order valence-corrected chi connectivity index (χ0v) is 13.8. The van der Waals surface area contributed by atoms with E-state index in [2.05, 4.69) is 27.6 Å². The first-order chi connectivity index (χ1) is 12.2. The Bertz CT molecular complexity index is 781. The predicted molar refractivity (Wildman–Crippen MR) is 93.9 cm³/mol. The van der Waals surface area contributed by atoms with Gasteiger partial charge >= 0.3 is 5.97 Å². The number of aliphatic carboxylic acids is 1. The van der Waals surface area contributed by atoms with Crippen molar-refractivity contribution in [1.29, 1.82) is 0 Å². The highest BCUT2D eigenvalue weighted by Gasteiger charge is 2.13. The van der Waals surface area contributed by atoms with Crippen LogP contribution in [0.25, 0.3) is 11.5 Å². The number of benzene rings is 1. The average molecular weight is 339 g/mol. The molecule has 0 saturated heterocycles. The molecule has 3 aromatic rings. The number of nitrogens with one attached hydrogen (secondary N) is 2. The van der Waals surface area contributed by atoms with Gasteiger partial charge in [0.25, 0.3) is 0 Å². The summed E-state index contributed by atoms with van der Waals surface area (Å²) >= 11 is 0. The second-order valence-corrected chi connectivity index (χ2v) is 5.94. The lowest BCUT2D eigenvalue weighted by Gasteiger charge is -2.17. The Hall–Kier alpha value is -2.86. The summed E-state index contributed by atoms with van der Waals surface area (Å²) in [5.41, 5.74) is 2.01. The Labute approximate surface area is 145 Å². The molecule has 25 heavy (non-hydrogen) atoms. The van der Waals surface area contributed by atoms with Crippen LogP contribution in [0.3, 0.4) is 0 Å². The molecule has 1 aromatic carbocycles. The van der Waals surface area contributed by atoms with Gasteiger partial charge in [0.1, 0.15) is 11.5 Å². The maximum absolute atomic E-state index is 10.9. The minimum atomic E-state index is -0.778. The minimum absolute atomic E-state index is 0.0687. The van der Waals surface area contributed by atoms with E-state index in [0.717, 1.165) is 23.6 Å². The molecule has 0 amide bonds. The molecule has 0 saturated carbocycles. The van der Waals surface area contributed by atoms with E-state index >= 15 is 0 Å². The molecule has 3 N–H and O–H groups in total. The number of H-pyrrole nitrogens is 1. The van der Waals surface area contributed by atoms with Crippen molar-refractivity contribution in [2.24, 2.45) is 0 Å². The van der Waals surface area contributed by atoms with Gasteiger partial charge < -0.3 is 14.8 Å². The SMILES string of the molecule is O=C(O)CCC(Cc1ccccc1)NCc1ccc(-c2ccn[nH]2)o1. The van der Waals surface area contributed by atoms with Crippen LogP contribution in [0, 0.1) is 0 Å². The Kier molecular flexibility index (Phi) is 5.64. The van der Waals surface area contributed by atoms with Gasteiger partial charge in [-0.25, -0.2) is 0 Å². The summed E-state index contributed by atoms with van der Waals surface area (Å²) in [5.74, 6) is 0.761. The molecule has 2 aromatic heterocycles. The summed E-state index contributed by atoms with van der Waals surface area (Å²) in [6.45, 7) is 0.547. The van der Waals surface area contributed by atoms with Crippen LogP contribution in [-0.2, 0) is 17.8 Å². The second kappa shape index (κ2) is 8.30. The maximum Gasteiger partial charge on any atom is 0.303 e. The standard InChI is InChI=1S/C19H21N3O3/c23-19(24)9-6-15(12-14-4-2-1-3-5-14)20-13-16-7-8-18(25-16)17-10-11-21-22-17/h1-5,7-8,10-11,15,20H,6,9,12-13H2,(H,21,22)(H,23,24). The van der Waals surface area contributed by atoms with Crippen LogP contribution >= 0.6 is 0 Å². The van der Waals surface area contributed by atoms with E-state index in [1.807, 2.05) is 36.4 Å². The fourth-order valence-corrected chi connectivity index (χ4v) is 2.73. The molecule has 1 atom stereocenters. The van der Waals surface area contributed by atoms with Crippen molar-refractivity contribution in [2.45, 2.75) is 31.8 Å². The van der Waals surface area contributed by atoms with Crippen LogP contribution in [0.2, 0.25) is 0 Å². The van der Waals surface area contributed by atoms with E-state index in [0.29, 0.717) is 13.0 Å². The number of furan rings is 1. The third kappa shape index (κ3) is 5.06. The van der Waals surface area contributed by atoms with Crippen molar-refractivity contribution in [2.75, 3.05) is 0 Å². The van der Waals surface area contributed by atoms with Crippen LogP contribution in [0.4, 0.5) is 0 Å². The second-order valence-electron chi connectivity index (χ2n) is 5.94. The van der Waals surface area contributed by atoms with Crippen molar-refractivity contribution < 1.29 is 14.3 Å². The van der Waals surface area contributed by atoms with Crippen molar-refractivity contribution in [3.63, 3.8) is 0 Å². The third-order valence-electron chi connectivity index (χ3n) is 4.02. The monoisotopic (exact) mass is 339 g/mol. The van der Waals surface area contributed by atoms with E-state index in [1.165, 1.54) is 5.56 Å². The maximum atomic E-state index is 10.9. The highest BCUT2D eigenvalue weighted by molar-refractivity contribution is 5.66. The molecule has 0 aliphatic rings. The number of rotatable bonds is 9. The minimum Gasteiger partial charge on any atom is -0.481 e. The van der Waals surface area contributed by atoms with Gasteiger partial charge in [-0.1, -0.05) is 30.3 Å². The molecule has 130 valence electrons. The Morgan fingerprint density at radius 3 is 2.76 bits per heavy atom. The first-order valence-electron chi connectivity index (χ1n) is 8.28. The molecule has 3 rings (SSSR count). The number of aromatic nitrogens is 2. The molecular weight excluding hydrogens is 318 g/mol.